The number of morpholine rings is 1. The van der Waals surface area contributed by atoms with Crippen molar-refractivity contribution in [2.24, 2.45) is 0 Å². The van der Waals surface area contributed by atoms with E-state index in [4.69, 9.17) is 9.26 Å². The van der Waals surface area contributed by atoms with Crippen LogP contribution >= 0.6 is 0 Å². The van der Waals surface area contributed by atoms with Gasteiger partial charge in [-0.15, -0.1) is 0 Å². The number of rotatable bonds is 6. The van der Waals surface area contributed by atoms with Gasteiger partial charge in [-0.25, -0.2) is 4.98 Å². The van der Waals surface area contributed by atoms with Crippen molar-refractivity contribution in [3.8, 4) is 0 Å². The molecule has 0 bridgehead atoms. The molecule has 2 aromatic heterocycles. The smallest absolute Gasteiger partial charge is 0.292 e. The highest BCUT2D eigenvalue weighted by Crippen LogP contribution is 2.17. The number of aryl methyl sites for hydroxylation is 2. The summed E-state index contributed by atoms with van der Waals surface area (Å²) in [6.45, 7) is 3.69. The molecule has 0 unspecified atom stereocenters. The standard InChI is InChI=1S/C19H26N4O3/c1-4-15-12-17(26-21-15)19(24)23-9-10-25-16(13-23)6-5-14-7-8-20-18(11-14)22(2)3/h7-8,11-12,16H,4-6,9-10,13H2,1-3H3/t16-/m1/s1. The van der Waals surface area contributed by atoms with Crippen LogP contribution in [0.15, 0.2) is 28.9 Å². The Hall–Kier alpha value is -2.41. The van der Waals surface area contributed by atoms with Crippen LogP contribution in [-0.2, 0) is 17.6 Å². The van der Waals surface area contributed by atoms with Crippen LogP contribution < -0.4 is 4.90 Å². The number of ether oxygens (including phenoxy) is 1. The van der Waals surface area contributed by atoms with Crippen molar-refractivity contribution in [1.29, 1.82) is 0 Å². The number of nitrogens with zero attached hydrogens (tertiary/aromatic N) is 4. The summed E-state index contributed by atoms with van der Waals surface area (Å²) in [5, 5.41) is 3.90. The van der Waals surface area contributed by atoms with E-state index in [-0.39, 0.29) is 12.0 Å². The maximum absolute atomic E-state index is 12.6. The maximum atomic E-state index is 12.6. The van der Waals surface area contributed by atoms with Gasteiger partial charge in [0.15, 0.2) is 0 Å². The van der Waals surface area contributed by atoms with E-state index in [1.54, 1.807) is 11.0 Å². The van der Waals surface area contributed by atoms with Gasteiger partial charge >= 0.3 is 0 Å². The quantitative estimate of drug-likeness (QED) is 0.788. The zero-order valence-corrected chi connectivity index (χ0v) is 15.6. The molecule has 0 N–H and O–H groups in total. The van der Waals surface area contributed by atoms with Crippen molar-refractivity contribution < 1.29 is 14.1 Å². The number of hydrogen-bond acceptors (Lipinski definition) is 6. The molecule has 0 aliphatic carbocycles. The first-order valence-corrected chi connectivity index (χ1v) is 9.05. The lowest BCUT2D eigenvalue weighted by atomic mass is 10.1. The minimum absolute atomic E-state index is 0.0252. The van der Waals surface area contributed by atoms with Gasteiger partial charge in [0.2, 0.25) is 5.76 Å². The first kappa shape index (κ1) is 18.4. The topological polar surface area (TPSA) is 71.7 Å². The van der Waals surface area contributed by atoms with Crippen molar-refractivity contribution in [3.63, 3.8) is 0 Å². The Morgan fingerprint density at radius 3 is 2.96 bits per heavy atom. The van der Waals surface area contributed by atoms with Crippen molar-refractivity contribution in [2.45, 2.75) is 32.3 Å². The maximum Gasteiger partial charge on any atom is 0.292 e. The Labute approximate surface area is 153 Å². The number of anilines is 1. The second kappa shape index (κ2) is 8.31. The van der Waals surface area contributed by atoms with Gasteiger partial charge in [-0.05, 0) is 37.0 Å². The predicted molar refractivity (Wildman–Crippen MR) is 98.4 cm³/mol. The second-order valence-electron chi connectivity index (χ2n) is 6.74. The fourth-order valence-electron chi connectivity index (χ4n) is 3.00. The van der Waals surface area contributed by atoms with Gasteiger partial charge in [0.1, 0.15) is 5.82 Å². The number of hydrogen-bond donors (Lipinski definition) is 0. The lowest BCUT2D eigenvalue weighted by Crippen LogP contribution is -2.45. The Balaban J connectivity index is 1.56. The molecule has 1 atom stereocenters. The van der Waals surface area contributed by atoms with Gasteiger partial charge in [0, 0.05) is 39.4 Å². The molecule has 1 fully saturated rings. The number of carbonyl (C=O) groups is 1. The van der Waals surface area contributed by atoms with E-state index in [9.17, 15) is 4.79 Å². The average Bonchev–Trinajstić information content (AvgIpc) is 3.15. The molecule has 3 heterocycles. The lowest BCUT2D eigenvalue weighted by molar-refractivity contribution is -0.0257. The summed E-state index contributed by atoms with van der Waals surface area (Å²) in [7, 11) is 3.96. The normalized spacial score (nSPS) is 17.3. The first-order chi connectivity index (χ1) is 12.6. The van der Waals surface area contributed by atoms with Crippen LogP contribution in [0, 0.1) is 0 Å². The summed E-state index contributed by atoms with van der Waals surface area (Å²) in [5.41, 5.74) is 2.02. The average molecular weight is 358 g/mol. The number of amides is 1. The minimum Gasteiger partial charge on any atom is -0.375 e. The first-order valence-electron chi connectivity index (χ1n) is 9.05. The highest BCUT2D eigenvalue weighted by atomic mass is 16.5. The van der Waals surface area contributed by atoms with Crippen molar-refractivity contribution in [2.75, 3.05) is 38.7 Å². The molecular weight excluding hydrogens is 332 g/mol. The van der Waals surface area contributed by atoms with Crippen LogP contribution in [0.4, 0.5) is 5.82 Å². The van der Waals surface area contributed by atoms with Gasteiger partial charge < -0.3 is 19.1 Å². The van der Waals surface area contributed by atoms with Crippen LogP contribution in [-0.4, -0.2) is 60.8 Å². The predicted octanol–water partition coefficient (Wildman–Crippen LogP) is 2.17. The zero-order valence-electron chi connectivity index (χ0n) is 15.6. The van der Waals surface area contributed by atoms with Gasteiger partial charge in [-0.3, -0.25) is 4.79 Å². The van der Waals surface area contributed by atoms with E-state index in [2.05, 4.69) is 16.2 Å². The zero-order chi connectivity index (χ0) is 18.5. The van der Waals surface area contributed by atoms with E-state index in [0.29, 0.717) is 25.5 Å². The Morgan fingerprint density at radius 2 is 2.23 bits per heavy atom. The van der Waals surface area contributed by atoms with Crippen LogP contribution in [0.2, 0.25) is 0 Å². The molecule has 3 rings (SSSR count). The summed E-state index contributed by atoms with van der Waals surface area (Å²) < 4.78 is 11.0. The van der Waals surface area contributed by atoms with Gasteiger partial charge in [0.05, 0.1) is 18.4 Å². The third kappa shape index (κ3) is 4.40. The molecule has 1 amide bonds. The number of carbonyl (C=O) groups excluding carboxylic acids is 1. The van der Waals surface area contributed by atoms with Crippen molar-refractivity contribution in [3.05, 3.63) is 41.4 Å². The molecule has 1 aliphatic heterocycles. The lowest BCUT2D eigenvalue weighted by Gasteiger charge is -2.32. The molecule has 0 saturated carbocycles. The number of aromatic nitrogens is 2. The fraction of sp³-hybridized carbons (Fsp3) is 0.526. The van der Waals surface area contributed by atoms with Crippen molar-refractivity contribution >= 4 is 11.7 Å². The molecular formula is C19H26N4O3. The number of pyridine rings is 1. The second-order valence-corrected chi connectivity index (χ2v) is 6.74. The van der Waals surface area contributed by atoms with Gasteiger partial charge in [-0.1, -0.05) is 12.1 Å². The Morgan fingerprint density at radius 1 is 1.38 bits per heavy atom. The van der Waals surface area contributed by atoms with E-state index in [1.165, 1.54) is 5.56 Å². The van der Waals surface area contributed by atoms with Crippen LogP contribution in [0.3, 0.4) is 0 Å². The largest absolute Gasteiger partial charge is 0.375 e. The molecule has 26 heavy (non-hydrogen) atoms. The molecule has 7 nitrogen and oxygen atoms in total. The van der Waals surface area contributed by atoms with Gasteiger partial charge in [0.25, 0.3) is 5.91 Å². The highest BCUT2D eigenvalue weighted by molar-refractivity contribution is 5.91. The third-order valence-electron chi connectivity index (χ3n) is 4.58. The SMILES string of the molecule is CCc1cc(C(=O)N2CCO[C@H](CCc3ccnc(N(C)C)c3)C2)on1. The summed E-state index contributed by atoms with van der Waals surface area (Å²) >= 11 is 0. The minimum atomic E-state index is -0.107. The molecule has 0 aromatic carbocycles. The van der Waals surface area contributed by atoms with E-state index < -0.39 is 0 Å². The molecule has 140 valence electrons. The van der Waals surface area contributed by atoms with Crippen LogP contribution in [0.1, 0.15) is 35.2 Å². The Bertz CT molecular complexity index is 744. The van der Waals surface area contributed by atoms with E-state index >= 15 is 0 Å². The summed E-state index contributed by atoms with van der Waals surface area (Å²) in [6.07, 6.45) is 4.36. The summed E-state index contributed by atoms with van der Waals surface area (Å²) in [5.74, 6) is 1.15. The van der Waals surface area contributed by atoms with Crippen LogP contribution in [0.5, 0.6) is 0 Å². The van der Waals surface area contributed by atoms with E-state index in [1.807, 2.05) is 38.2 Å². The highest BCUT2D eigenvalue weighted by Gasteiger charge is 2.27. The molecule has 0 spiro atoms. The molecule has 0 radical (unpaired) electrons. The van der Waals surface area contributed by atoms with Crippen molar-refractivity contribution in [1.82, 2.24) is 15.0 Å². The van der Waals surface area contributed by atoms with E-state index in [0.717, 1.165) is 30.8 Å². The molecule has 1 saturated heterocycles. The Kier molecular flexibility index (Phi) is 5.88. The molecule has 1 aliphatic rings. The monoisotopic (exact) mass is 358 g/mol. The van der Waals surface area contributed by atoms with Gasteiger partial charge in [-0.2, -0.15) is 0 Å². The summed E-state index contributed by atoms with van der Waals surface area (Å²) in [6, 6.07) is 5.85. The summed E-state index contributed by atoms with van der Waals surface area (Å²) in [4.78, 5) is 20.7. The fourth-order valence-corrected chi connectivity index (χ4v) is 3.00. The third-order valence-corrected chi connectivity index (χ3v) is 4.58. The molecule has 2 aromatic rings. The van der Waals surface area contributed by atoms with Crippen LogP contribution in [0.25, 0.3) is 0 Å². The molecule has 7 heteroatoms.